The number of rotatable bonds is 9. The number of nitrogens with two attached hydrogens (primary N) is 1. The largest absolute Gasteiger partial charge is 0.491 e. The van der Waals surface area contributed by atoms with Gasteiger partial charge in [0.1, 0.15) is 18.2 Å². The minimum Gasteiger partial charge on any atom is -0.491 e. The second-order valence-corrected chi connectivity index (χ2v) is 3.81. The van der Waals surface area contributed by atoms with Gasteiger partial charge in [0.15, 0.2) is 0 Å². The van der Waals surface area contributed by atoms with E-state index in [1.807, 2.05) is 0 Å². The average molecular weight is 257 g/mol. The predicted octanol–water partition coefficient (Wildman–Crippen LogP) is 1.72. The lowest BCUT2D eigenvalue weighted by Crippen LogP contribution is -2.09. The normalized spacial score (nSPS) is 10.6. The SMILES string of the molecule is COCCCOCCOc1cc(F)cc(CN)c1. The second kappa shape index (κ2) is 8.85. The number of benzene rings is 1. The summed E-state index contributed by atoms with van der Waals surface area (Å²) < 4.78 is 28.7. The molecule has 0 bridgehead atoms. The van der Waals surface area contributed by atoms with E-state index in [0.29, 0.717) is 44.3 Å². The van der Waals surface area contributed by atoms with Crippen molar-refractivity contribution in [2.75, 3.05) is 33.5 Å². The summed E-state index contributed by atoms with van der Waals surface area (Å²) in [4.78, 5) is 0. The van der Waals surface area contributed by atoms with E-state index in [2.05, 4.69) is 0 Å². The van der Waals surface area contributed by atoms with Crippen LogP contribution in [0.4, 0.5) is 4.39 Å². The molecule has 0 heterocycles. The third kappa shape index (κ3) is 5.95. The highest BCUT2D eigenvalue weighted by molar-refractivity contribution is 5.29. The summed E-state index contributed by atoms with van der Waals surface area (Å²) >= 11 is 0. The minimum atomic E-state index is -0.339. The van der Waals surface area contributed by atoms with Crippen LogP contribution in [0, 0.1) is 5.82 Å². The highest BCUT2D eigenvalue weighted by atomic mass is 19.1. The first kappa shape index (κ1) is 14.9. The van der Waals surface area contributed by atoms with Gasteiger partial charge in [-0.25, -0.2) is 4.39 Å². The molecule has 0 saturated carbocycles. The molecular formula is C13H20FNO3. The van der Waals surface area contributed by atoms with Gasteiger partial charge in [0.05, 0.1) is 6.61 Å². The Labute approximate surface area is 107 Å². The maximum Gasteiger partial charge on any atom is 0.127 e. The van der Waals surface area contributed by atoms with Crippen LogP contribution in [0.3, 0.4) is 0 Å². The van der Waals surface area contributed by atoms with Gasteiger partial charge in [-0.2, -0.15) is 0 Å². The van der Waals surface area contributed by atoms with Crippen molar-refractivity contribution < 1.29 is 18.6 Å². The molecule has 0 amide bonds. The first-order valence-electron chi connectivity index (χ1n) is 5.95. The van der Waals surface area contributed by atoms with Gasteiger partial charge in [-0.3, -0.25) is 0 Å². The van der Waals surface area contributed by atoms with Crippen LogP contribution in [-0.2, 0) is 16.0 Å². The smallest absolute Gasteiger partial charge is 0.127 e. The highest BCUT2D eigenvalue weighted by Gasteiger charge is 2.00. The molecule has 5 heteroatoms. The average Bonchev–Trinajstić information content (AvgIpc) is 2.37. The molecule has 0 atom stereocenters. The van der Waals surface area contributed by atoms with Crippen molar-refractivity contribution in [3.8, 4) is 5.75 Å². The molecule has 0 aliphatic carbocycles. The molecule has 0 aliphatic heterocycles. The molecule has 18 heavy (non-hydrogen) atoms. The first-order valence-corrected chi connectivity index (χ1v) is 5.95. The van der Waals surface area contributed by atoms with Crippen LogP contribution in [0.2, 0.25) is 0 Å². The van der Waals surface area contributed by atoms with Crippen LogP contribution < -0.4 is 10.5 Å². The van der Waals surface area contributed by atoms with E-state index in [9.17, 15) is 4.39 Å². The summed E-state index contributed by atoms with van der Waals surface area (Å²) in [5, 5.41) is 0. The quantitative estimate of drug-likeness (QED) is 0.684. The van der Waals surface area contributed by atoms with Crippen molar-refractivity contribution in [3.05, 3.63) is 29.6 Å². The molecule has 0 spiro atoms. The van der Waals surface area contributed by atoms with Gasteiger partial charge >= 0.3 is 0 Å². The molecule has 0 saturated heterocycles. The van der Waals surface area contributed by atoms with E-state index < -0.39 is 0 Å². The van der Waals surface area contributed by atoms with E-state index in [0.717, 1.165) is 6.42 Å². The third-order valence-electron chi connectivity index (χ3n) is 2.30. The van der Waals surface area contributed by atoms with Crippen LogP contribution in [0.1, 0.15) is 12.0 Å². The van der Waals surface area contributed by atoms with E-state index in [1.165, 1.54) is 12.1 Å². The molecule has 4 nitrogen and oxygen atoms in total. The van der Waals surface area contributed by atoms with Gasteiger partial charge in [-0.05, 0) is 24.1 Å². The fourth-order valence-corrected chi connectivity index (χ4v) is 1.45. The van der Waals surface area contributed by atoms with Crippen LogP contribution in [0.25, 0.3) is 0 Å². The predicted molar refractivity (Wildman–Crippen MR) is 67.1 cm³/mol. The fraction of sp³-hybridized carbons (Fsp3) is 0.538. The van der Waals surface area contributed by atoms with Crippen molar-refractivity contribution >= 4 is 0 Å². The third-order valence-corrected chi connectivity index (χ3v) is 2.30. The minimum absolute atomic E-state index is 0.293. The van der Waals surface area contributed by atoms with Crippen LogP contribution in [-0.4, -0.2) is 33.5 Å². The molecule has 1 aromatic rings. The Morgan fingerprint density at radius 2 is 1.94 bits per heavy atom. The molecular weight excluding hydrogens is 237 g/mol. The van der Waals surface area contributed by atoms with E-state index in [4.69, 9.17) is 19.9 Å². The monoisotopic (exact) mass is 257 g/mol. The Balaban J connectivity index is 2.20. The first-order chi connectivity index (χ1) is 8.76. The zero-order chi connectivity index (χ0) is 13.2. The topological polar surface area (TPSA) is 53.7 Å². The Morgan fingerprint density at radius 1 is 1.11 bits per heavy atom. The number of methoxy groups -OCH3 is 1. The maximum atomic E-state index is 13.1. The molecule has 102 valence electrons. The number of hydrogen-bond donors (Lipinski definition) is 1. The van der Waals surface area contributed by atoms with Crippen LogP contribution >= 0.6 is 0 Å². The van der Waals surface area contributed by atoms with E-state index in [-0.39, 0.29) is 5.82 Å². The van der Waals surface area contributed by atoms with Crippen LogP contribution in [0.5, 0.6) is 5.75 Å². The number of halogens is 1. The van der Waals surface area contributed by atoms with Gasteiger partial charge in [-0.15, -0.1) is 0 Å². The summed E-state index contributed by atoms with van der Waals surface area (Å²) in [6.45, 7) is 2.47. The molecule has 0 unspecified atom stereocenters. The molecule has 1 aromatic carbocycles. The van der Waals surface area contributed by atoms with Crippen molar-refractivity contribution in [2.24, 2.45) is 5.73 Å². The zero-order valence-electron chi connectivity index (χ0n) is 10.7. The Bertz CT molecular complexity index is 347. The number of ether oxygens (including phenoxy) is 3. The number of hydrogen-bond acceptors (Lipinski definition) is 4. The summed E-state index contributed by atoms with van der Waals surface area (Å²) in [5.41, 5.74) is 6.17. The Morgan fingerprint density at radius 3 is 2.67 bits per heavy atom. The lowest BCUT2D eigenvalue weighted by molar-refractivity contribution is 0.0805. The lowest BCUT2D eigenvalue weighted by atomic mass is 10.2. The molecule has 2 N–H and O–H groups in total. The molecule has 0 aromatic heterocycles. The van der Waals surface area contributed by atoms with Crippen LogP contribution in [0.15, 0.2) is 18.2 Å². The van der Waals surface area contributed by atoms with E-state index >= 15 is 0 Å². The lowest BCUT2D eigenvalue weighted by Gasteiger charge is -2.08. The van der Waals surface area contributed by atoms with Gasteiger partial charge in [0.2, 0.25) is 0 Å². The fourth-order valence-electron chi connectivity index (χ4n) is 1.45. The summed E-state index contributed by atoms with van der Waals surface area (Å²) in [7, 11) is 1.65. The Kier molecular flexibility index (Phi) is 7.32. The summed E-state index contributed by atoms with van der Waals surface area (Å²) in [6, 6.07) is 4.46. The molecule has 0 radical (unpaired) electrons. The van der Waals surface area contributed by atoms with Crippen molar-refractivity contribution in [3.63, 3.8) is 0 Å². The zero-order valence-corrected chi connectivity index (χ0v) is 10.7. The summed E-state index contributed by atoms with van der Waals surface area (Å²) in [6.07, 6.45) is 0.855. The van der Waals surface area contributed by atoms with Crippen molar-refractivity contribution in [1.82, 2.24) is 0 Å². The molecule has 0 aliphatic rings. The second-order valence-electron chi connectivity index (χ2n) is 3.81. The molecule has 1 rings (SSSR count). The van der Waals surface area contributed by atoms with Gasteiger partial charge < -0.3 is 19.9 Å². The van der Waals surface area contributed by atoms with Crippen molar-refractivity contribution in [2.45, 2.75) is 13.0 Å². The van der Waals surface area contributed by atoms with Gasteiger partial charge in [0, 0.05) is 32.9 Å². The molecule has 0 fully saturated rings. The summed E-state index contributed by atoms with van der Waals surface area (Å²) in [5.74, 6) is 0.143. The highest BCUT2D eigenvalue weighted by Crippen LogP contribution is 2.15. The van der Waals surface area contributed by atoms with E-state index in [1.54, 1.807) is 13.2 Å². The Hall–Kier alpha value is -1.17. The van der Waals surface area contributed by atoms with Gasteiger partial charge in [-0.1, -0.05) is 0 Å². The maximum absolute atomic E-state index is 13.1. The standard InChI is InChI=1S/C13H20FNO3/c1-16-3-2-4-17-5-6-18-13-8-11(10-15)7-12(14)9-13/h7-9H,2-6,10,15H2,1H3. The van der Waals surface area contributed by atoms with Gasteiger partial charge in [0.25, 0.3) is 0 Å². The van der Waals surface area contributed by atoms with Crippen molar-refractivity contribution in [1.29, 1.82) is 0 Å².